The topological polar surface area (TPSA) is 51.2 Å². The third-order valence-electron chi connectivity index (χ3n) is 2.66. The van der Waals surface area contributed by atoms with Crippen molar-refractivity contribution in [2.45, 2.75) is 19.3 Å². The number of methoxy groups -OCH3 is 1. The number of esters is 1. The zero-order chi connectivity index (χ0) is 10.7. The molecule has 1 aliphatic rings. The molecular weight excluding hydrogens is 212 g/mol. The molecule has 0 atom stereocenters. The Morgan fingerprint density at radius 3 is 3.13 bits per heavy atom. The average molecular weight is 226 g/mol. The Morgan fingerprint density at radius 2 is 2.53 bits per heavy atom. The van der Waals surface area contributed by atoms with E-state index < -0.39 is 0 Å². The summed E-state index contributed by atoms with van der Waals surface area (Å²) >= 11 is 1.35. The molecule has 1 aliphatic carbocycles. The molecule has 4 nitrogen and oxygen atoms in total. The Kier molecular flexibility index (Phi) is 3.20. The molecule has 1 fully saturated rings. The minimum Gasteiger partial charge on any atom is -0.465 e. The zero-order valence-electron chi connectivity index (χ0n) is 8.66. The molecular formula is C10H14N2O2S. The molecule has 0 amide bonds. The van der Waals surface area contributed by atoms with Crippen molar-refractivity contribution in [3.05, 3.63) is 11.1 Å². The standard InChI is InChI=1S/C10H14N2O2S/c1-14-9(13)8-6-12-10(15-8)11-5-7-3-2-4-7/h6-7H,2-5H2,1H3,(H,11,12). The Labute approximate surface area is 92.7 Å². The number of hydrogen-bond acceptors (Lipinski definition) is 5. The molecule has 1 aromatic rings. The van der Waals surface area contributed by atoms with Gasteiger partial charge in [0.2, 0.25) is 0 Å². The fourth-order valence-electron chi connectivity index (χ4n) is 1.48. The van der Waals surface area contributed by atoms with E-state index in [1.54, 1.807) is 6.20 Å². The fraction of sp³-hybridized carbons (Fsp3) is 0.600. The lowest BCUT2D eigenvalue weighted by Gasteiger charge is -2.25. The van der Waals surface area contributed by atoms with Crippen molar-refractivity contribution in [2.24, 2.45) is 5.92 Å². The normalized spacial score (nSPS) is 15.8. The van der Waals surface area contributed by atoms with Crippen molar-refractivity contribution in [3.63, 3.8) is 0 Å². The van der Waals surface area contributed by atoms with E-state index in [2.05, 4.69) is 15.0 Å². The first-order chi connectivity index (χ1) is 7.29. The lowest BCUT2D eigenvalue weighted by Crippen LogP contribution is -2.20. The van der Waals surface area contributed by atoms with Crippen molar-refractivity contribution >= 4 is 22.4 Å². The summed E-state index contributed by atoms with van der Waals surface area (Å²) in [7, 11) is 1.38. The summed E-state index contributed by atoms with van der Waals surface area (Å²) in [6, 6.07) is 0. The highest BCUT2D eigenvalue weighted by Gasteiger charge is 2.17. The highest BCUT2D eigenvalue weighted by molar-refractivity contribution is 7.17. The van der Waals surface area contributed by atoms with Gasteiger partial charge in [-0.3, -0.25) is 0 Å². The predicted molar refractivity (Wildman–Crippen MR) is 59.3 cm³/mol. The molecule has 0 radical (unpaired) electrons. The molecule has 1 saturated carbocycles. The van der Waals surface area contributed by atoms with Gasteiger partial charge in [0.15, 0.2) is 5.13 Å². The van der Waals surface area contributed by atoms with Crippen LogP contribution in [0.5, 0.6) is 0 Å². The number of rotatable bonds is 4. The Morgan fingerprint density at radius 1 is 1.73 bits per heavy atom. The van der Waals surface area contributed by atoms with Crippen molar-refractivity contribution in [2.75, 3.05) is 19.0 Å². The van der Waals surface area contributed by atoms with Crippen LogP contribution in [0.25, 0.3) is 0 Å². The third-order valence-corrected chi connectivity index (χ3v) is 3.59. The van der Waals surface area contributed by atoms with Crippen LogP contribution in [0.2, 0.25) is 0 Å². The number of carbonyl (C=O) groups excluding carboxylic acids is 1. The predicted octanol–water partition coefficient (Wildman–Crippen LogP) is 2.14. The van der Waals surface area contributed by atoms with Crippen molar-refractivity contribution in [3.8, 4) is 0 Å². The second-order valence-electron chi connectivity index (χ2n) is 3.70. The first-order valence-corrected chi connectivity index (χ1v) is 5.89. The van der Waals surface area contributed by atoms with Crippen LogP contribution in [-0.4, -0.2) is 24.6 Å². The summed E-state index contributed by atoms with van der Waals surface area (Å²) in [6.45, 7) is 0.966. The quantitative estimate of drug-likeness (QED) is 0.799. The van der Waals surface area contributed by atoms with Crippen molar-refractivity contribution in [1.82, 2.24) is 4.98 Å². The second kappa shape index (κ2) is 4.61. The van der Waals surface area contributed by atoms with Crippen LogP contribution < -0.4 is 5.32 Å². The molecule has 0 unspecified atom stereocenters. The Balaban J connectivity index is 1.86. The van der Waals surface area contributed by atoms with Crippen molar-refractivity contribution in [1.29, 1.82) is 0 Å². The van der Waals surface area contributed by atoms with Gasteiger partial charge in [-0.2, -0.15) is 0 Å². The number of carbonyl (C=O) groups is 1. The lowest BCUT2D eigenvalue weighted by atomic mass is 9.86. The van der Waals surface area contributed by atoms with E-state index in [1.165, 1.54) is 37.7 Å². The molecule has 0 bridgehead atoms. The summed E-state index contributed by atoms with van der Waals surface area (Å²) in [5.41, 5.74) is 0. The number of aromatic nitrogens is 1. The number of hydrogen-bond donors (Lipinski definition) is 1. The summed E-state index contributed by atoms with van der Waals surface area (Å²) in [6.07, 6.45) is 5.52. The van der Waals surface area contributed by atoms with Gasteiger partial charge in [-0.1, -0.05) is 17.8 Å². The molecule has 1 heterocycles. The van der Waals surface area contributed by atoms with Gasteiger partial charge in [-0.25, -0.2) is 9.78 Å². The molecule has 1 N–H and O–H groups in total. The number of thiazole rings is 1. The Hall–Kier alpha value is -1.10. The number of nitrogens with one attached hydrogen (secondary N) is 1. The van der Waals surface area contributed by atoms with Gasteiger partial charge in [-0.15, -0.1) is 0 Å². The van der Waals surface area contributed by atoms with E-state index in [1.807, 2.05) is 0 Å². The highest BCUT2D eigenvalue weighted by Crippen LogP contribution is 2.27. The third kappa shape index (κ3) is 2.47. The van der Waals surface area contributed by atoms with E-state index in [0.717, 1.165) is 17.6 Å². The van der Waals surface area contributed by atoms with Crippen LogP contribution in [0, 0.1) is 5.92 Å². The minimum absolute atomic E-state index is 0.316. The maximum Gasteiger partial charge on any atom is 0.349 e. The minimum atomic E-state index is -0.316. The molecule has 2 rings (SSSR count). The Bertz CT molecular complexity index is 347. The van der Waals surface area contributed by atoms with Crippen LogP contribution in [0.15, 0.2) is 6.20 Å². The van der Waals surface area contributed by atoms with E-state index in [4.69, 9.17) is 0 Å². The van der Waals surface area contributed by atoms with Gasteiger partial charge in [-0.05, 0) is 18.8 Å². The maximum atomic E-state index is 11.2. The van der Waals surface area contributed by atoms with Gasteiger partial charge in [0.25, 0.3) is 0 Å². The van der Waals surface area contributed by atoms with Crippen LogP contribution >= 0.6 is 11.3 Å². The SMILES string of the molecule is COC(=O)c1cnc(NCC2CCC2)s1. The molecule has 1 aromatic heterocycles. The van der Waals surface area contributed by atoms with Crippen molar-refractivity contribution < 1.29 is 9.53 Å². The summed E-state index contributed by atoms with van der Waals surface area (Å²) in [5, 5.41) is 4.05. The van der Waals surface area contributed by atoms with Gasteiger partial charge in [0, 0.05) is 6.54 Å². The molecule has 0 spiro atoms. The molecule has 82 valence electrons. The van der Waals surface area contributed by atoms with Crippen LogP contribution in [0.4, 0.5) is 5.13 Å². The van der Waals surface area contributed by atoms with Gasteiger partial charge < -0.3 is 10.1 Å². The van der Waals surface area contributed by atoms with E-state index in [-0.39, 0.29) is 5.97 Å². The first kappa shape index (κ1) is 10.4. The molecule has 0 aromatic carbocycles. The molecule has 0 saturated heterocycles. The number of nitrogens with zero attached hydrogens (tertiary/aromatic N) is 1. The smallest absolute Gasteiger partial charge is 0.349 e. The first-order valence-electron chi connectivity index (χ1n) is 5.07. The number of anilines is 1. The van der Waals surface area contributed by atoms with E-state index in [0.29, 0.717) is 4.88 Å². The summed E-state index contributed by atoms with van der Waals surface area (Å²) in [4.78, 5) is 15.8. The largest absolute Gasteiger partial charge is 0.465 e. The maximum absolute atomic E-state index is 11.2. The van der Waals surface area contributed by atoms with E-state index >= 15 is 0 Å². The lowest BCUT2D eigenvalue weighted by molar-refractivity contribution is 0.0606. The van der Waals surface area contributed by atoms with Gasteiger partial charge >= 0.3 is 5.97 Å². The van der Waals surface area contributed by atoms with Crippen LogP contribution in [0.3, 0.4) is 0 Å². The van der Waals surface area contributed by atoms with Crippen LogP contribution in [0.1, 0.15) is 28.9 Å². The summed E-state index contributed by atoms with van der Waals surface area (Å²) < 4.78 is 4.61. The van der Waals surface area contributed by atoms with Crippen LogP contribution in [-0.2, 0) is 4.74 Å². The summed E-state index contributed by atoms with van der Waals surface area (Å²) in [5.74, 6) is 0.472. The molecule has 15 heavy (non-hydrogen) atoms. The van der Waals surface area contributed by atoms with Gasteiger partial charge in [0.05, 0.1) is 13.3 Å². The zero-order valence-corrected chi connectivity index (χ0v) is 9.47. The second-order valence-corrected chi connectivity index (χ2v) is 4.73. The molecule has 5 heteroatoms. The fourth-order valence-corrected chi connectivity index (χ4v) is 2.22. The average Bonchev–Trinajstić information content (AvgIpc) is 2.63. The monoisotopic (exact) mass is 226 g/mol. The van der Waals surface area contributed by atoms with Gasteiger partial charge in [0.1, 0.15) is 4.88 Å². The van der Waals surface area contributed by atoms with E-state index in [9.17, 15) is 4.79 Å². The molecule has 0 aliphatic heterocycles. The number of ether oxygens (including phenoxy) is 1. The highest BCUT2D eigenvalue weighted by atomic mass is 32.1.